The fourth-order valence-corrected chi connectivity index (χ4v) is 3.69. The first kappa shape index (κ1) is 20.7. The van der Waals surface area contributed by atoms with Crippen LogP contribution in [0.5, 0.6) is 5.75 Å². The lowest BCUT2D eigenvalue weighted by atomic mass is 10.2. The van der Waals surface area contributed by atoms with Crippen molar-refractivity contribution < 1.29 is 17.9 Å². The first-order valence-electron chi connectivity index (χ1n) is 7.89. The van der Waals surface area contributed by atoms with Gasteiger partial charge in [0.15, 0.2) is 6.61 Å². The predicted octanol–water partition coefficient (Wildman–Crippen LogP) is 2.71. The Morgan fingerprint density at radius 1 is 1.29 bits per heavy atom. The van der Waals surface area contributed by atoms with Crippen molar-refractivity contribution in [3.05, 3.63) is 23.2 Å². The predicted molar refractivity (Wildman–Crippen MR) is 94.9 cm³/mol. The van der Waals surface area contributed by atoms with E-state index in [-0.39, 0.29) is 40.3 Å². The van der Waals surface area contributed by atoms with Crippen molar-refractivity contribution in [1.82, 2.24) is 10.0 Å². The van der Waals surface area contributed by atoms with Gasteiger partial charge in [-0.15, -0.1) is 0 Å². The number of halogens is 1. The van der Waals surface area contributed by atoms with Crippen LogP contribution in [0.2, 0.25) is 5.02 Å². The molecule has 0 spiro atoms. The second kappa shape index (κ2) is 9.25. The molecule has 0 bridgehead atoms. The quantitative estimate of drug-likeness (QED) is 0.694. The molecule has 0 aliphatic heterocycles. The highest BCUT2D eigenvalue weighted by Gasteiger charge is 2.17. The van der Waals surface area contributed by atoms with E-state index in [1.807, 2.05) is 13.8 Å². The molecular formula is C16H25ClN2O4S. The van der Waals surface area contributed by atoms with Crippen LogP contribution in [0.1, 0.15) is 40.5 Å². The lowest BCUT2D eigenvalue weighted by molar-refractivity contribution is -0.123. The third kappa shape index (κ3) is 6.67. The molecule has 6 nitrogen and oxygen atoms in total. The summed E-state index contributed by atoms with van der Waals surface area (Å²) < 4.78 is 32.0. The lowest BCUT2D eigenvalue weighted by Crippen LogP contribution is -2.36. The maximum Gasteiger partial charge on any atom is 0.258 e. The Labute approximate surface area is 149 Å². The molecule has 0 fully saturated rings. The largest absolute Gasteiger partial charge is 0.482 e. The minimum atomic E-state index is -3.62. The summed E-state index contributed by atoms with van der Waals surface area (Å²) >= 11 is 6.06. The maximum atomic E-state index is 12.1. The van der Waals surface area contributed by atoms with Crippen LogP contribution in [0.3, 0.4) is 0 Å². The summed E-state index contributed by atoms with van der Waals surface area (Å²) in [5.74, 6) is 0.0173. The summed E-state index contributed by atoms with van der Waals surface area (Å²) in [5, 5.41) is 2.95. The fourth-order valence-electron chi connectivity index (χ4n) is 2.11. The molecule has 8 heteroatoms. The van der Waals surface area contributed by atoms with Gasteiger partial charge in [-0.25, -0.2) is 13.1 Å². The molecule has 0 radical (unpaired) electrons. The van der Waals surface area contributed by atoms with Gasteiger partial charge in [0.25, 0.3) is 5.91 Å². The van der Waals surface area contributed by atoms with Gasteiger partial charge in [-0.1, -0.05) is 24.9 Å². The minimum Gasteiger partial charge on any atom is -0.482 e. The van der Waals surface area contributed by atoms with Gasteiger partial charge in [-0.2, -0.15) is 0 Å². The number of amides is 1. The van der Waals surface area contributed by atoms with E-state index in [1.165, 1.54) is 18.2 Å². The van der Waals surface area contributed by atoms with E-state index in [4.69, 9.17) is 16.3 Å². The number of rotatable bonds is 9. The second-order valence-electron chi connectivity index (χ2n) is 5.91. The van der Waals surface area contributed by atoms with E-state index >= 15 is 0 Å². The van der Waals surface area contributed by atoms with Crippen molar-refractivity contribution in [2.24, 2.45) is 0 Å². The normalized spacial score (nSPS) is 12.9. The Hall–Kier alpha value is -1.31. The van der Waals surface area contributed by atoms with Gasteiger partial charge < -0.3 is 10.1 Å². The molecule has 0 heterocycles. The maximum absolute atomic E-state index is 12.1. The standard InChI is InChI=1S/C16H25ClN2O4S/c1-5-6-12(4)18-16(20)10-23-15-8-7-13(9-14(15)17)24(21,22)19-11(2)3/h7-9,11-12,19H,5-6,10H2,1-4H3,(H,18,20)/t12-/m1/s1. The minimum absolute atomic E-state index is 0.0505. The topological polar surface area (TPSA) is 84.5 Å². The van der Waals surface area contributed by atoms with Crippen molar-refractivity contribution >= 4 is 27.5 Å². The highest BCUT2D eigenvalue weighted by atomic mass is 35.5. The number of nitrogens with one attached hydrogen (secondary N) is 2. The van der Waals surface area contributed by atoms with Crippen LogP contribution in [-0.4, -0.2) is 33.0 Å². The summed E-state index contributed by atoms with van der Waals surface area (Å²) in [6, 6.07) is 4.00. The third-order valence-corrected chi connectivity index (χ3v) is 5.04. The molecule has 0 saturated heterocycles. The summed E-state index contributed by atoms with van der Waals surface area (Å²) in [4.78, 5) is 11.8. The molecule has 0 aliphatic rings. The Balaban J connectivity index is 2.71. The van der Waals surface area contributed by atoms with Crippen LogP contribution >= 0.6 is 11.6 Å². The molecule has 0 saturated carbocycles. The molecule has 0 aromatic heterocycles. The van der Waals surface area contributed by atoms with Crippen LogP contribution in [0.4, 0.5) is 0 Å². The number of ether oxygens (including phenoxy) is 1. The van der Waals surface area contributed by atoms with Crippen molar-refractivity contribution in [1.29, 1.82) is 0 Å². The molecule has 0 aliphatic carbocycles. The number of hydrogen-bond donors (Lipinski definition) is 2. The fraction of sp³-hybridized carbons (Fsp3) is 0.562. The Morgan fingerprint density at radius 3 is 2.50 bits per heavy atom. The van der Waals surface area contributed by atoms with Gasteiger partial charge in [0.2, 0.25) is 10.0 Å². The Kier molecular flexibility index (Phi) is 7.99. The van der Waals surface area contributed by atoms with Crippen LogP contribution < -0.4 is 14.8 Å². The monoisotopic (exact) mass is 376 g/mol. The lowest BCUT2D eigenvalue weighted by Gasteiger charge is -2.14. The number of carbonyl (C=O) groups excluding carboxylic acids is 1. The molecule has 136 valence electrons. The molecule has 1 aromatic rings. The van der Waals surface area contributed by atoms with Gasteiger partial charge in [0.05, 0.1) is 9.92 Å². The van der Waals surface area contributed by atoms with Gasteiger partial charge >= 0.3 is 0 Å². The summed E-state index contributed by atoms with van der Waals surface area (Å²) in [6.07, 6.45) is 1.87. The number of benzene rings is 1. The van der Waals surface area contributed by atoms with Crippen LogP contribution in [-0.2, 0) is 14.8 Å². The zero-order valence-electron chi connectivity index (χ0n) is 14.4. The zero-order chi connectivity index (χ0) is 18.3. The van der Waals surface area contributed by atoms with E-state index in [0.29, 0.717) is 0 Å². The molecule has 24 heavy (non-hydrogen) atoms. The first-order valence-corrected chi connectivity index (χ1v) is 9.75. The second-order valence-corrected chi connectivity index (χ2v) is 8.04. The molecule has 2 N–H and O–H groups in total. The third-order valence-electron chi connectivity index (χ3n) is 3.09. The molecule has 1 aromatic carbocycles. The molecule has 0 unspecified atom stereocenters. The van der Waals surface area contributed by atoms with Crippen molar-refractivity contribution in [3.8, 4) is 5.75 Å². The summed E-state index contributed by atoms with van der Waals surface area (Å²) in [5.41, 5.74) is 0. The Bertz CT molecular complexity index is 662. The van der Waals surface area contributed by atoms with E-state index in [1.54, 1.807) is 13.8 Å². The Morgan fingerprint density at radius 2 is 1.96 bits per heavy atom. The molecule has 1 rings (SSSR count). The highest BCUT2D eigenvalue weighted by molar-refractivity contribution is 7.89. The first-order chi connectivity index (χ1) is 11.2. The van der Waals surface area contributed by atoms with Crippen LogP contribution in [0, 0.1) is 0 Å². The molecule has 1 atom stereocenters. The van der Waals surface area contributed by atoms with E-state index in [9.17, 15) is 13.2 Å². The van der Waals surface area contributed by atoms with Crippen molar-refractivity contribution in [2.45, 2.75) is 57.5 Å². The van der Waals surface area contributed by atoms with E-state index in [0.717, 1.165) is 12.8 Å². The van der Waals surface area contributed by atoms with Gasteiger partial charge in [0.1, 0.15) is 5.75 Å². The summed E-state index contributed by atoms with van der Waals surface area (Å²) in [6.45, 7) is 7.26. The SMILES string of the molecule is CCC[C@@H](C)NC(=O)COc1ccc(S(=O)(=O)NC(C)C)cc1Cl. The van der Waals surface area contributed by atoms with Crippen molar-refractivity contribution in [3.63, 3.8) is 0 Å². The van der Waals surface area contributed by atoms with E-state index in [2.05, 4.69) is 10.0 Å². The van der Waals surface area contributed by atoms with Gasteiger partial charge in [-0.3, -0.25) is 4.79 Å². The summed E-state index contributed by atoms with van der Waals surface area (Å²) in [7, 11) is -3.62. The highest BCUT2D eigenvalue weighted by Crippen LogP contribution is 2.27. The van der Waals surface area contributed by atoms with Gasteiger partial charge in [0, 0.05) is 12.1 Å². The van der Waals surface area contributed by atoms with Crippen molar-refractivity contribution in [2.75, 3.05) is 6.61 Å². The number of hydrogen-bond acceptors (Lipinski definition) is 4. The van der Waals surface area contributed by atoms with Crippen LogP contribution in [0.25, 0.3) is 0 Å². The van der Waals surface area contributed by atoms with E-state index < -0.39 is 10.0 Å². The smallest absolute Gasteiger partial charge is 0.258 e. The molecular weight excluding hydrogens is 352 g/mol. The average molecular weight is 377 g/mol. The zero-order valence-corrected chi connectivity index (χ0v) is 16.0. The molecule has 1 amide bonds. The number of sulfonamides is 1. The van der Waals surface area contributed by atoms with Crippen LogP contribution in [0.15, 0.2) is 23.1 Å². The average Bonchev–Trinajstić information content (AvgIpc) is 2.44. The number of carbonyl (C=O) groups is 1. The van der Waals surface area contributed by atoms with Gasteiger partial charge in [-0.05, 0) is 45.4 Å².